The van der Waals surface area contributed by atoms with E-state index in [1.54, 1.807) is 13.0 Å². The van der Waals surface area contributed by atoms with Crippen LogP contribution in [0.1, 0.15) is 16.2 Å². The van der Waals surface area contributed by atoms with E-state index in [0.717, 1.165) is 0 Å². The second-order valence-electron chi connectivity index (χ2n) is 2.00. The van der Waals surface area contributed by atoms with Gasteiger partial charge in [0.1, 0.15) is 3.74 Å². The molecule has 0 unspecified atom stereocenters. The van der Waals surface area contributed by atoms with Gasteiger partial charge in [0.15, 0.2) is 0 Å². The van der Waals surface area contributed by atoms with E-state index >= 15 is 0 Å². The maximum atomic E-state index is 11.1. The molecule has 0 saturated heterocycles. The number of alkyl halides is 2. The van der Waals surface area contributed by atoms with Gasteiger partial charge in [-0.3, -0.25) is 4.79 Å². The highest BCUT2D eigenvalue weighted by Gasteiger charge is 2.17. The van der Waals surface area contributed by atoms with Gasteiger partial charge in [-0.1, -0.05) is 37.0 Å². The molecule has 0 spiro atoms. The fourth-order valence-electron chi connectivity index (χ4n) is 0.587. The second kappa shape index (κ2) is 3.49. The Hall–Kier alpha value is -0.160. The van der Waals surface area contributed by atoms with Crippen LogP contribution in [0, 0.1) is 6.92 Å². The topological polar surface area (TPSA) is 43.1 Å². The predicted octanol–water partition coefficient (Wildman–Crippen LogP) is 2.28. The van der Waals surface area contributed by atoms with E-state index < -0.39 is 3.74 Å². The minimum absolute atomic E-state index is 0.161. The van der Waals surface area contributed by atoms with Crippen LogP contribution >= 0.6 is 31.9 Å². The van der Waals surface area contributed by atoms with Gasteiger partial charge in [0, 0.05) is 6.07 Å². The second-order valence-corrected chi connectivity index (χ2v) is 5.06. The number of Topliss-reactive ketones (excluding diaryl/α,β-unsaturated/α-hetero) is 1. The SMILES string of the molecule is Cc1cc(C(=O)C(Br)Br)on1. The molecule has 5 heteroatoms. The largest absolute Gasteiger partial charge is 0.353 e. The molecule has 0 atom stereocenters. The Bertz CT molecular complexity index is 269. The molecule has 0 aliphatic heterocycles. The third kappa shape index (κ3) is 2.13. The number of ketones is 1. The molecule has 1 heterocycles. The Labute approximate surface area is 80.4 Å². The van der Waals surface area contributed by atoms with Crippen molar-refractivity contribution < 1.29 is 9.32 Å². The zero-order chi connectivity index (χ0) is 8.43. The lowest BCUT2D eigenvalue weighted by Crippen LogP contribution is -2.05. The lowest BCUT2D eigenvalue weighted by Gasteiger charge is -1.92. The van der Waals surface area contributed by atoms with Crippen LogP contribution in [0.2, 0.25) is 0 Å². The first kappa shape index (κ1) is 8.93. The normalized spacial score (nSPS) is 10.5. The zero-order valence-corrected chi connectivity index (χ0v) is 8.85. The van der Waals surface area contributed by atoms with E-state index in [0.29, 0.717) is 5.69 Å². The lowest BCUT2D eigenvalue weighted by atomic mass is 10.3. The molecule has 60 valence electrons. The molecule has 0 fully saturated rings. The van der Waals surface area contributed by atoms with Crippen molar-refractivity contribution in [2.75, 3.05) is 0 Å². The minimum atomic E-state index is -0.401. The van der Waals surface area contributed by atoms with Crippen molar-refractivity contribution >= 4 is 37.6 Å². The number of hydrogen-bond donors (Lipinski definition) is 0. The summed E-state index contributed by atoms with van der Waals surface area (Å²) in [5.41, 5.74) is 0.703. The quantitative estimate of drug-likeness (QED) is 0.617. The van der Waals surface area contributed by atoms with Crippen LogP contribution in [0.3, 0.4) is 0 Å². The van der Waals surface area contributed by atoms with Crippen molar-refractivity contribution in [2.45, 2.75) is 10.7 Å². The molecule has 1 rings (SSSR count). The van der Waals surface area contributed by atoms with Gasteiger partial charge in [0.05, 0.1) is 5.69 Å². The van der Waals surface area contributed by atoms with Crippen LogP contribution in [0.15, 0.2) is 10.6 Å². The van der Waals surface area contributed by atoms with Crippen molar-refractivity contribution in [3.63, 3.8) is 0 Å². The number of aryl methyl sites for hydroxylation is 1. The summed E-state index contributed by atoms with van der Waals surface area (Å²) >= 11 is 6.13. The van der Waals surface area contributed by atoms with Crippen LogP contribution < -0.4 is 0 Å². The maximum Gasteiger partial charge on any atom is 0.225 e. The van der Waals surface area contributed by atoms with E-state index in [1.165, 1.54) is 0 Å². The highest BCUT2D eigenvalue weighted by Crippen LogP contribution is 2.15. The van der Waals surface area contributed by atoms with Gasteiger partial charge >= 0.3 is 0 Å². The van der Waals surface area contributed by atoms with E-state index in [4.69, 9.17) is 4.52 Å². The molecule has 0 N–H and O–H groups in total. The molecule has 0 bridgehead atoms. The summed E-state index contributed by atoms with van der Waals surface area (Å²) in [6.07, 6.45) is 0. The number of carbonyl (C=O) groups is 1. The lowest BCUT2D eigenvalue weighted by molar-refractivity contribution is 0.0978. The van der Waals surface area contributed by atoms with Crippen LogP contribution in [0.4, 0.5) is 0 Å². The maximum absolute atomic E-state index is 11.1. The average Bonchev–Trinajstić information content (AvgIpc) is 2.34. The Kier molecular flexibility index (Phi) is 2.84. The first-order chi connectivity index (χ1) is 5.11. The number of aromatic nitrogens is 1. The zero-order valence-electron chi connectivity index (χ0n) is 5.67. The number of carbonyl (C=O) groups excluding carboxylic acids is 1. The monoisotopic (exact) mass is 281 g/mol. The van der Waals surface area contributed by atoms with E-state index in [2.05, 4.69) is 37.0 Å². The summed E-state index contributed by atoms with van der Waals surface area (Å²) in [4.78, 5) is 11.1. The molecule has 0 aromatic carbocycles. The third-order valence-electron chi connectivity index (χ3n) is 1.07. The van der Waals surface area contributed by atoms with Gasteiger partial charge in [0.2, 0.25) is 11.5 Å². The van der Waals surface area contributed by atoms with Crippen molar-refractivity contribution in [3.8, 4) is 0 Å². The van der Waals surface area contributed by atoms with Gasteiger partial charge in [-0.25, -0.2) is 0 Å². The molecule has 0 aliphatic rings. The van der Waals surface area contributed by atoms with Crippen molar-refractivity contribution in [1.29, 1.82) is 0 Å². The van der Waals surface area contributed by atoms with E-state index in [9.17, 15) is 4.79 Å². The van der Waals surface area contributed by atoms with Crippen molar-refractivity contribution in [3.05, 3.63) is 17.5 Å². The molecule has 1 aromatic rings. The Morgan fingerprint density at radius 3 is 2.73 bits per heavy atom. The van der Waals surface area contributed by atoms with Gasteiger partial charge in [0.25, 0.3) is 0 Å². The summed E-state index contributed by atoms with van der Waals surface area (Å²) in [6, 6.07) is 1.60. The van der Waals surface area contributed by atoms with Gasteiger partial charge in [-0.05, 0) is 6.92 Å². The van der Waals surface area contributed by atoms with Crippen LogP contribution in [-0.4, -0.2) is 14.7 Å². The van der Waals surface area contributed by atoms with Crippen molar-refractivity contribution in [1.82, 2.24) is 5.16 Å². The van der Waals surface area contributed by atoms with Crippen LogP contribution in [-0.2, 0) is 0 Å². The standard InChI is InChI=1S/C6H5Br2NO2/c1-3-2-4(11-9-3)5(10)6(7)8/h2,6H,1H3. The molecule has 11 heavy (non-hydrogen) atoms. The fourth-order valence-corrected chi connectivity index (χ4v) is 1.04. The van der Waals surface area contributed by atoms with Crippen LogP contribution in [0.25, 0.3) is 0 Å². The smallest absolute Gasteiger partial charge is 0.225 e. The molecular weight excluding hydrogens is 278 g/mol. The summed E-state index contributed by atoms with van der Waals surface area (Å²) in [5.74, 6) is 0.104. The summed E-state index contributed by atoms with van der Waals surface area (Å²) in [7, 11) is 0. The third-order valence-corrected chi connectivity index (χ3v) is 1.90. The van der Waals surface area contributed by atoms with Gasteiger partial charge in [-0.15, -0.1) is 0 Å². The molecule has 0 radical (unpaired) electrons. The van der Waals surface area contributed by atoms with E-state index in [-0.39, 0.29) is 11.5 Å². The number of halogens is 2. The Morgan fingerprint density at radius 1 is 1.73 bits per heavy atom. The Morgan fingerprint density at radius 2 is 2.36 bits per heavy atom. The highest BCUT2D eigenvalue weighted by molar-refractivity contribution is 9.25. The molecule has 3 nitrogen and oxygen atoms in total. The predicted molar refractivity (Wildman–Crippen MR) is 47.2 cm³/mol. The summed E-state index contributed by atoms with van der Waals surface area (Å²) in [5, 5.41) is 3.58. The first-order valence-corrected chi connectivity index (χ1v) is 4.70. The summed E-state index contributed by atoms with van der Waals surface area (Å²) < 4.78 is 4.33. The molecule has 0 aliphatic carbocycles. The average molecular weight is 283 g/mol. The molecule has 0 amide bonds. The minimum Gasteiger partial charge on any atom is -0.353 e. The fraction of sp³-hybridized carbons (Fsp3) is 0.333. The van der Waals surface area contributed by atoms with Gasteiger partial charge < -0.3 is 4.52 Å². The first-order valence-electron chi connectivity index (χ1n) is 2.87. The molecule has 1 aromatic heterocycles. The van der Waals surface area contributed by atoms with Gasteiger partial charge in [-0.2, -0.15) is 0 Å². The summed E-state index contributed by atoms with van der Waals surface area (Å²) in [6.45, 7) is 1.76. The number of rotatable bonds is 2. The van der Waals surface area contributed by atoms with E-state index in [1.807, 2.05) is 0 Å². The highest BCUT2D eigenvalue weighted by atomic mass is 79.9. The molecule has 0 saturated carbocycles. The molecular formula is C6H5Br2NO2. The number of nitrogens with zero attached hydrogens (tertiary/aromatic N) is 1. The Balaban J connectivity index is 2.85. The number of hydrogen-bond acceptors (Lipinski definition) is 3. The van der Waals surface area contributed by atoms with Crippen molar-refractivity contribution in [2.24, 2.45) is 0 Å². The van der Waals surface area contributed by atoms with Crippen LogP contribution in [0.5, 0.6) is 0 Å².